The number of para-hydroxylation sites is 1. The number of rotatable bonds is 4. The second-order valence-electron chi connectivity index (χ2n) is 4.32. The van der Waals surface area contributed by atoms with Crippen LogP contribution in [0.4, 0.5) is 17.3 Å². The molecule has 6 heteroatoms. The predicted octanol–water partition coefficient (Wildman–Crippen LogP) is 2.42. The van der Waals surface area contributed by atoms with E-state index in [1.807, 2.05) is 43.1 Å². The van der Waals surface area contributed by atoms with Crippen molar-refractivity contribution in [3.8, 4) is 0 Å². The van der Waals surface area contributed by atoms with Crippen molar-refractivity contribution in [2.75, 3.05) is 23.0 Å². The highest BCUT2D eigenvalue weighted by atomic mass is 32.1. The molecule has 1 N–H and O–H groups in total. The van der Waals surface area contributed by atoms with Crippen LogP contribution in [-0.4, -0.2) is 28.7 Å². The van der Waals surface area contributed by atoms with Crippen LogP contribution in [0.2, 0.25) is 0 Å². The van der Waals surface area contributed by atoms with Crippen molar-refractivity contribution < 1.29 is 4.79 Å². The molecule has 5 nitrogen and oxygen atoms in total. The summed E-state index contributed by atoms with van der Waals surface area (Å²) in [6, 6.07) is 8.01. The predicted molar refractivity (Wildman–Crippen MR) is 83.8 cm³/mol. The summed E-state index contributed by atoms with van der Waals surface area (Å²) in [6.07, 6.45) is 3.16. The lowest BCUT2D eigenvalue weighted by Gasteiger charge is -2.19. The van der Waals surface area contributed by atoms with Crippen molar-refractivity contribution in [3.05, 3.63) is 42.2 Å². The van der Waals surface area contributed by atoms with Gasteiger partial charge in [0.1, 0.15) is 0 Å². The van der Waals surface area contributed by atoms with Crippen molar-refractivity contribution in [1.82, 2.24) is 9.97 Å². The molecule has 104 valence electrons. The van der Waals surface area contributed by atoms with Crippen LogP contribution in [0, 0.1) is 6.92 Å². The Morgan fingerprint density at radius 3 is 2.55 bits per heavy atom. The number of thiol groups is 1. The second kappa shape index (κ2) is 6.38. The first-order valence-corrected chi connectivity index (χ1v) is 6.77. The highest BCUT2D eigenvalue weighted by Crippen LogP contribution is 2.23. The van der Waals surface area contributed by atoms with Gasteiger partial charge in [0.15, 0.2) is 0 Å². The highest BCUT2D eigenvalue weighted by molar-refractivity contribution is 7.81. The van der Waals surface area contributed by atoms with Crippen molar-refractivity contribution in [3.63, 3.8) is 0 Å². The number of aryl methyl sites for hydroxylation is 1. The smallest absolute Gasteiger partial charge is 0.234 e. The molecule has 0 aliphatic rings. The number of hydrogen-bond acceptors (Lipinski definition) is 5. The van der Waals surface area contributed by atoms with Crippen LogP contribution in [0.15, 0.2) is 36.7 Å². The zero-order valence-corrected chi connectivity index (χ0v) is 12.3. The number of nitrogens with zero attached hydrogens (tertiary/aromatic N) is 3. The molecule has 0 atom stereocenters. The molecule has 0 saturated carbocycles. The Morgan fingerprint density at radius 2 is 1.95 bits per heavy atom. The molecule has 0 fully saturated rings. The van der Waals surface area contributed by atoms with Crippen LogP contribution in [0.5, 0.6) is 0 Å². The molecule has 1 aromatic heterocycles. The van der Waals surface area contributed by atoms with Gasteiger partial charge >= 0.3 is 0 Å². The molecule has 0 saturated heterocycles. The van der Waals surface area contributed by atoms with Gasteiger partial charge in [0, 0.05) is 12.7 Å². The molecule has 0 aliphatic heterocycles. The van der Waals surface area contributed by atoms with E-state index in [4.69, 9.17) is 0 Å². The van der Waals surface area contributed by atoms with E-state index in [0.29, 0.717) is 11.6 Å². The third kappa shape index (κ3) is 3.27. The van der Waals surface area contributed by atoms with Gasteiger partial charge in [-0.3, -0.25) is 4.79 Å². The lowest BCUT2D eigenvalue weighted by atomic mass is 10.2. The van der Waals surface area contributed by atoms with Gasteiger partial charge in [-0.1, -0.05) is 18.2 Å². The van der Waals surface area contributed by atoms with E-state index in [-0.39, 0.29) is 11.7 Å². The zero-order valence-electron chi connectivity index (χ0n) is 11.4. The number of amides is 1. The molecule has 0 unspecified atom stereocenters. The Bertz CT molecular complexity index is 600. The maximum absolute atomic E-state index is 11.2. The lowest BCUT2D eigenvalue weighted by molar-refractivity contribution is -0.113. The number of aromatic nitrogens is 2. The SMILES string of the molecule is Cc1ccccc1N(C)c1ncc(NC(=O)CS)cn1. The largest absolute Gasteiger partial charge is 0.323 e. The summed E-state index contributed by atoms with van der Waals surface area (Å²) in [5, 5.41) is 2.65. The van der Waals surface area contributed by atoms with Gasteiger partial charge in [0.05, 0.1) is 23.8 Å². The van der Waals surface area contributed by atoms with Gasteiger partial charge < -0.3 is 10.2 Å². The van der Waals surface area contributed by atoms with Crippen molar-refractivity contribution >= 4 is 35.9 Å². The first-order valence-electron chi connectivity index (χ1n) is 6.14. The van der Waals surface area contributed by atoms with Crippen LogP contribution >= 0.6 is 12.6 Å². The molecule has 0 radical (unpaired) electrons. The maximum atomic E-state index is 11.2. The van der Waals surface area contributed by atoms with Crippen LogP contribution in [0.1, 0.15) is 5.56 Å². The molecule has 0 aliphatic carbocycles. The van der Waals surface area contributed by atoms with Gasteiger partial charge in [-0.25, -0.2) is 9.97 Å². The number of hydrogen-bond donors (Lipinski definition) is 2. The van der Waals surface area contributed by atoms with E-state index < -0.39 is 0 Å². The third-order valence-electron chi connectivity index (χ3n) is 2.84. The number of nitrogens with one attached hydrogen (secondary N) is 1. The van der Waals surface area contributed by atoms with Crippen molar-refractivity contribution in [1.29, 1.82) is 0 Å². The van der Waals surface area contributed by atoms with E-state index in [0.717, 1.165) is 11.3 Å². The Labute approximate surface area is 123 Å². The van der Waals surface area contributed by atoms with Crippen molar-refractivity contribution in [2.24, 2.45) is 0 Å². The van der Waals surface area contributed by atoms with E-state index in [2.05, 4.69) is 27.9 Å². The molecular formula is C14H16N4OS. The molecular weight excluding hydrogens is 272 g/mol. The first kappa shape index (κ1) is 14.3. The Hall–Kier alpha value is -2.08. The summed E-state index contributed by atoms with van der Waals surface area (Å²) in [6.45, 7) is 2.03. The summed E-state index contributed by atoms with van der Waals surface area (Å²) in [5.41, 5.74) is 2.75. The van der Waals surface area contributed by atoms with Gasteiger partial charge in [0.25, 0.3) is 0 Å². The maximum Gasteiger partial charge on any atom is 0.234 e. The Morgan fingerprint density at radius 1 is 1.30 bits per heavy atom. The quantitative estimate of drug-likeness (QED) is 0.848. The molecule has 0 bridgehead atoms. The Kier molecular flexibility index (Phi) is 4.57. The second-order valence-corrected chi connectivity index (χ2v) is 4.64. The molecule has 1 heterocycles. The fourth-order valence-electron chi connectivity index (χ4n) is 1.81. The monoisotopic (exact) mass is 288 g/mol. The first-order chi connectivity index (χ1) is 9.61. The van der Waals surface area contributed by atoms with Crippen LogP contribution < -0.4 is 10.2 Å². The molecule has 1 amide bonds. The minimum atomic E-state index is -0.183. The fourth-order valence-corrected chi connectivity index (χ4v) is 1.89. The van der Waals surface area contributed by atoms with E-state index in [9.17, 15) is 4.79 Å². The number of benzene rings is 1. The van der Waals surface area contributed by atoms with E-state index >= 15 is 0 Å². The van der Waals surface area contributed by atoms with Gasteiger partial charge in [-0.05, 0) is 18.6 Å². The molecule has 0 spiro atoms. The fraction of sp³-hybridized carbons (Fsp3) is 0.214. The zero-order chi connectivity index (χ0) is 14.5. The minimum absolute atomic E-state index is 0.130. The van der Waals surface area contributed by atoms with Gasteiger partial charge in [-0.2, -0.15) is 12.6 Å². The minimum Gasteiger partial charge on any atom is -0.323 e. The number of carbonyl (C=O) groups excluding carboxylic acids is 1. The molecule has 2 aromatic rings. The summed E-state index contributed by atoms with van der Waals surface area (Å²) in [7, 11) is 1.91. The van der Waals surface area contributed by atoms with Crippen LogP contribution in [0.3, 0.4) is 0 Å². The van der Waals surface area contributed by atoms with Crippen LogP contribution in [0.25, 0.3) is 0 Å². The molecule has 2 rings (SSSR count). The highest BCUT2D eigenvalue weighted by Gasteiger charge is 2.09. The lowest BCUT2D eigenvalue weighted by Crippen LogP contribution is -2.16. The topological polar surface area (TPSA) is 58.1 Å². The number of carbonyl (C=O) groups is 1. The standard InChI is InChI=1S/C14H16N4OS/c1-10-5-3-4-6-12(10)18(2)14-15-7-11(8-16-14)17-13(19)9-20/h3-8,20H,9H2,1-2H3,(H,17,19). The Balaban J connectivity index is 2.18. The van der Waals surface area contributed by atoms with E-state index in [1.54, 1.807) is 12.4 Å². The average Bonchev–Trinajstić information content (AvgIpc) is 2.47. The summed E-state index contributed by atoms with van der Waals surface area (Å²) >= 11 is 3.90. The molecule has 20 heavy (non-hydrogen) atoms. The summed E-state index contributed by atoms with van der Waals surface area (Å²) in [4.78, 5) is 21.6. The average molecular weight is 288 g/mol. The molecule has 1 aromatic carbocycles. The van der Waals surface area contributed by atoms with Gasteiger partial charge in [0.2, 0.25) is 11.9 Å². The third-order valence-corrected chi connectivity index (χ3v) is 3.13. The normalized spacial score (nSPS) is 10.2. The van der Waals surface area contributed by atoms with Crippen molar-refractivity contribution in [2.45, 2.75) is 6.92 Å². The number of anilines is 3. The van der Waals surface area contributed by atoms with Gasteiger partial charge in [-0.15, -0.1) is 0 Å². The van der Waals surface area contributed by atoms with Crippen LogP contribution in [-0.2, 0) is 4.79 Å². The summed E-state index contributed by atoms with van der Waals surface area (Å²) in [5.74, 6) is 0.519. The summed E-state index contributed by atoms with van der Waals surface area (Å²) < 4.78 is 0. The van der Waals surface area contributed by atoms with E-state index in [1.165, 1.54) is 0 Å².